The minimum Gasteiger partial charge on any atom is -0.396 e. The Kier molecular flexibility index (Phi) is 6.43. The van der Waals surface area contributed by atoms with Gasteiger partial charge in [0.15, 0.2) is 0 Å². The standard InChI is InChI=1S/C23H32N4O2/c1-25-11-13-26(14-12-25)22-8-10-27(17-20(22)5-3-15-28)23(29)19-7-6-18-4-2-9-24-21(18)16-19/h2,4,6-7,9,16,20,22,28H,3,5,8,10-15,17H2,1H3/t20-,22+/m0/s1. The lowest BCUT2D eigenvalue weighted by atomic mass is 9.86. The molecule has 6 heteroatoms. The molecule has 2 aromatic rings. The largest absolute Gasteiger partial charge is 0.396 e. The highest BCUT2D eigenvalue weighted by molar-refractivity contribution is 5.97. The molecule has 0 aliphatic carbocycles. The predicted molar refractivity (Wildman–Crippen MR) is 115 cm³/mol. The minimum absolute atomic E-state index is 0.100. The Bertz CT molecular complexity index is 834. The summed E-state index contributed by atoms with van der Waals surface area (Å²) in [5.41, 5.74) is 1.58. The van der Waals surface area contributed by atoms with Gasteiger partial charge in [-0.05, 0) is 50.4 Å². The highest BCUT2D eigenvalue weighted by atomic mass is 16.3. The highest BCUT2D eigenvalue weighted by Crippen LogP contribution is 2.28. The molecule has 1 amide bonds. The summed E-state index contributed by atoms with van der Waals surface area (Å²) >= 11 is 0. The smallest absolute Gasteiger partial charge is 0.253 e. The van der Waals surface area contributed by atoms with Crippen molar-refractivity contribution in [2.75, 3.05) is 52.9 Å². The molecule has 0 bridgehead atoms. The van der Waals surface area contributed by atoms with Gasteiger partial charge in [0, 0.05) is 69.1 Å². The lowest BCUT2D eigenvalue weighted by molar-refractivity contribution is 0.0218. The fourth-order valence-electron chi connectivity index (χ4n) is 4.86. The second kappa shape index (κ2) is 9.20. The van der Waals surface area contributed by atoms with Crippen molar-refractivity contribution in [2.45, 2.75) is 25.3 Å². The van der Waals surface area contributed by atoms with Crippen LogP contribution in [-0.4, -0.2) is 89.7 Å². The number of aliphatic hydroxyl groups excluding tert-OH is 1. The number of pyridine rings is 1. The van der Waals surface area contributed by atoms with Gasteiger partial charge in [-0.2, -0.15) is 0 Å². The molecule has 1 N–H and O–H groups in total. The number of piperazine rings is 1. The molecule has 1 aromatic carbocycles. The number of hydrogen-bond donors (Lipinski definition) is 1. The molecule has 2 fully saturated rings. The number of amides is 1. The van der Waals surface area contributed by atoms with Crippen molar-refractivity contribution in [2.24, 2.45) is 5.92 Å². The van der Waals surface area contributed by atoms with Crippen LogP contribution in [0.15, 0.2) is 36.5 Å². The van der Waals surface area contributed by atoms with Crippen LogP contribution in [0.25, 0.3) is 10.9 Å². The van der Waals surface area contributed by atoms with Gasteiger partial charge in [0.1, 0.15) is 0 Å². The number of carbonyl (C=O) groups excluding carboxylic acids is 1. The molecule has 2 atom stereocenters. The van der Waals surface area contributed by atoms with Gasteiger partial charge in [0.2, 0.25) is 0 Å². The third-order valence-corrected chi connectivity index (χ3v) is 6.57. The van der Waals surface area contributed by atoms with Crippen molar-refractivity contribution >= 4 is 16.8 Å². The quantitative estimate of drug-likeness (QED) is 0.839. The third kappa shape index (κ3) is 4.60. The summed E-state index contributed by atoms with van der Waals surface area (Å²) in [6.45, 7) is 6.20. The molecule has 156 valence electrons. The molecule has 0 saturated carbocycles. The van der Waals surface area contributed by atoms with Gasteiger partial charge >= 0.3 is 0 Å². The minimum atomic E-state index is 0.100. The Hall–Kier alpha value is -2.02. The zero-order valence-electron chi connectivity index (χ0n) is 17.3. The number of aromatic nitrogens is 1. The van der Waals surface area contributed by atoms with Gasteiger partial charge in [-0.3, -0.25) is 14.7 Å². The number of likely N-dealkylation sites (tertiary alicyclic amines) is 1. The lowest BCUT2D eigenvalue weighted by Crippen LogP contribution is -2.56. The molecule has 2 saturated heterocycles. The Morgan fingerprint density at radius 2 is 2.00 bits per heavy atom. The number of carbonyl (C=O) groups is 1. The number of aliphatic hydroxyl groups is 1. The number of nitrogens with zero attached hydrogens (tertiary/aromatic N) is 4. The van der Waals surface area contributed by atoms with E-state index in [9.17, 15) is 9.90 Å². The van der Waals surface area contributed by atoms with Gasteiger partial charge in [-0.1, -0.05) is 12.1 Å². The fourth-order valence-corrected chi connectivity index (χ4v) is 4.86. The number of likely N-dealkylation sites (N-methyl/N-ethyl adjacent to an activating group) is 1. The molecule has 3 heterocycles. The van der Waals surface area contributed by atoms with E-state index in [2.05, 4.69) is 21.8 Å². The number of rotatable bonds is 5. The van der Waals surface area contributed by atoms with Gasteiger partial charge in [0.25, 0.3) is 5.91 Å². The highest BCUT2D eigenvalue weighted by Gasteiger charge is 2.35. The first-order chi connectivity index (χ1) is 14.2. The van der Waals surface area contributed by atoms with E-state index >= 15 is 0 Å². The van der Waals surface area contributed by atoms with Crippen molar-refractivity contribution in [1.29, 1.82) is 0 Å². The van der Waals surface area contributed by atoms with E-state index in [4.69, 9.17) is 0 Å². The van der Waals surface area contributed by atoms with Crippen molar-refractivity contribution in [3.05, 3.63) is 42.1 Å². The van der Waals surface area contributed by atoms with Crippen molar-refractivity contribution < 1.29 is 9.90 Å². The maximum atomic E-state index is 13.2. The molecule has 0 spiro atoms. The summed E-state index contributed by atoms with van der Waals surface area (Å²) < 4.78 is 0. The van der Waals surface area contributed by atoms with Gasteiger partial charge in [0.05, 0.1) is 5.52 Å². The third-order valence-electron chi connectivity index (χ3n) is 6.57. The molecular weight excluding hydrogens is 364 g/mol. The van der Waals surface area contributed by atoms with Crippen LogP contribution in [0.4, 0.5) is 0 Å². The van der Waals surface area contributed by atoms with Crippen LogP contribution in [-0.2, 0) is 0 Å². The maximum Gasteiger partial charge on any atom is 0.253 e. The van der Waals surface area contributed by atoms with Crippen LogP contribution in [0.2, 0.25) is 0 Å². The van der Waals surface area contributed by atoms with E-state index in [0.29, 0.717) is 12.0 Å². The number of hydrogen-bond acceptors (Lipinski definition) is 5. The van der Waals surface area contributed by atoms with Crippen molar-refractivity contribution in [3.8, 4) is 0 Å². The van der Waals surface area contributed by atoms with Crippen molar-refractivity contribution in [3.63, 3.8) is 0 Å². The second-order valence-electron chi connectivity index (χ2n) is 8.48. The van der Waals surface area contributed by atoms with Crippen LogP contribution in [0.5, 0.6) is 0 Å². The lowest BCUT2D eigenvalue weighted by Gasteiger charge is -2.46. The summed E-state index contributed by atoms with van der Waals surface area (Å²) in [4.78, 5) is 24.6. The second-order valence-corrected chi connectivity index (χ2v) is 8.48. The normalized spacial score (nSPS) is 24.1. The van der Waals surface area contributed by atoms with E-state index in [0.717, 1.165) is 75.0 Å². The Balaban J connectivity index is 1.47. The van der Waals surface area contributed by atoms with E-state index < -0.39 is 0 Å². The van der Waals surface area contributed by atoms with E-state index in [-0.39, 0.29) is 12.5 Å². The Morgan fingerprint density at radius 1 is 1.17 bits per heavy atom. The Morgan fingerprint density at radius 3 is 2.79 bits per heavy atom. The molecule has 0 radical (unpaired) electrons. The first kappa shape index (κ1) is 20.3. The number of piperidine rings is 1. The molecule has 4 rings (SSSR count). The van der Waals surface area contributed by atoms with E-state index in [1.165, 1.54) is 0 Å². The summed E-state index contributed by atoms with van der Waals surface area (Å²) in [6, 6.07) is 10.3. The van der Waals surface area contributed by atoms with Crippen LogP contribution < -0.4 is 0 Å². The Labute approximate surface area is 173 Å². The average molecular weight is 397 g/mol. The summed E-state index contributed by atoms with van der Waals surface area (Å²) in [6.07, 6.45) is 4.55. The maximum absolute atomic E-state index is 13.2. The summed E-state index contributed by atoms with van der Waals surface area (Å²) in [5, 5.41) is 10.4. The molecule has 29 heavy (non-hydrogen) atoms. The molecule has 0 unspecified atom stereocenters. The zero-order chi connectivity index (χ0) is 20.2. The zero-order valence-corrected chi connectivity index (χ0v) is 17.3. The first-order valence-electron chi connectivity index (χ1n) is 10.8. The fraction of sp³-hybridized carbons (Fsp3) is 0.565. The van der Waals surface area contributed by atoms with E-state index in [1.54, 1.807) is 6.20 Å². The van der Waals surface area contributed by atoms with Gasteiger partial charge in [-0.15, -0.1) is 0 Å². The van der Waals surface area contributed by atoms with E-state index in [1.807, 2.05) is 35.2 Å². The number of fused-ring (bicyclic) bond motifs is 1. The molecule has 1 aromatic heterocycles. The van der Waals surface area contributed by atoms with Crippen molar-refractivity contribution in [1.82, 2.24) is 19.7 Å². The summed E-state index contributed by atoms with van der Waals surface area (Å²) in [5.74, 6) is 0.519. The van der Waals surface area contributed by atoms with Crippen LogP contribution in [0.1, 0.15) is 29.6 Å². The molecule has 2 aliphatic rings. The summed E-state index contributed by atoms with van der Waals surface area (Å²) in [7, 11) is 2.18. The average Bonchev–Trinajstić information content (AvgIpc) is 2.77. The van der Waals surface area contributed by atoms with Crippen LogP contribution in [0, 0.1) is 5.92 Å². The molecule has 2 aliphatic heterocycles. The molecular formula is C23H32N4O2. The molecule has 6 nitrogen and oxygen atoms in total. The van der Waals surface area contributed by atoms with Crippen LogP contribution >= 0.6 is 0 Å². The predicted octanol–water partition coefficient (Wildman–Crippen LogP) is 2.09. The topological polar surface area (TPSA) is 59.9 Å². The van der Waals surface area contributed by atoms with Crippen LogP contribution in [0.3, 0.4) is 0 Å². The van der Waals surface area contributed by atoms with Gasteiger partial charge < -0.3 is 14.9 Å². The first-order valence-corrected chi connectivity index (χ1v) is 10.8. The number of benzene rings is 1. The SMILES string of the molecule is CN1CCN([C@@H]2CCN(C(=O)c3ccc4cccnc4c3)C[C@@H]2CCCO)CC1. The van der Waals surface area contributed by atoms with Gasteiger partial charge in [-0.25, -0.2) is 0 Å². The monoisotopic (exact) mass is 396 g/mol.